The summed E-state index contributed by atoms with van der Waals surface area (Å²) in [5, 5.41) is 6.56. The fourth-order valence-corrected chi connectivity index (χ4v) is 2.80. The van der Waals surface area contributed by atoms with Crippen molar-refractivity contribution < 1.29 is 14.3 Å². The molecule has 6 nitrogen and oxygen atoms in total. The molecule has 0 saturated carbocycles. The molecule has 3 aromatic rings. The van der Waals surface area contributed by atoms with Crippen molar-refractivity contribution in [3.63, 3.8) is 0 Å². The molecule has 0 unspecified atom stereocenters. The number of hydrogen-bond donors (Lipinski definition) is 2. The topological polar surface area (TPSA) is 79.8 Å². The molecule has 0 heterocycles. The number of aryl methyl sites for hydroxylation is 2. The van der Waals surface area contributed by atoms with Gasteiger partial charge in [-0.3, -0.25) is 9.59 Å². The number of amides is 2. The summed E-state index contributed by atoms with van der Waals surface area (Å²) >= 11 is 0. The molecule has 0 aliphatic heterocycles. The lowest BCUT2D eigenvalue weighted by atomic mass is 10.1. The third kappa shape index (κ3) is 6.27. The minimum absolute atomic E-state index is 0.491. The van der Waals surface area contributed by atoms with Crippen LogP contribution in [0.2, 0.25) is 0 Å². The molecule has 31 heavy (non-hydrogen) atoms. The normalized spacial score (nSPS) is 11.0. The van der Waals surface area contributed by atoms with Crippen molar-refractivity contribution in [2.75, 3.05) is 5.32 Å². The lowest BCUT2D eigenvalue weighted by molar-refractivity contribution is -0.136. The Morgan fingerprint density at radius 3 is 2.23 bits per heavy atom. The number of ether oxygens (including phenoxy) is 1. The van der Waals surface area contributed by atoms with Crippen LogP contribution in [0.3, 0.4) is 0 Å². The summed E-state index contributed by atoms with van der Waals surface area (Å²) in [5.41, 5.74) is 7.60. The van der Waals surface area contributed by atoms with Gasteiger partial charge in [0.1, 0.15) is 12.4 Å². The van der Waals surface area contributed by atoms with Crippen molar-refractivity contribution in [2.24, 2.45) is 5.10 Å². The van der Waals surface area contributed by atoms with Gasteiger partial charge in [0.15, 0.2) is 0 Å². The van der Waals surface area contributed by atoms with E-state index in [9.17, 15) is 9.59 Å². The monoisotopic (exact) mass is 415 g/mol. The maximum absolute atomic E-state index is 12.0. The summed E-state index contributed by atoms with van der Waals surface area (Å²) in [7, 11) is 0. The van der Waals surface area contributed by atoms with Gasteiger partial charge < -0.3 is 10.1 Å². The van der Waals surface area contributed by atoms with Crippen molar-refractivity contribution in [3.8, 4) is 5.75 Å². The third-order valence-corrected chi connectivity index (χ3v) is 4.77. The van der Waals surface area contributed by atoms with E-state index in [1.807, 2.05) is 61.5 Å². The van der Waals surface area contributed by atoms with E-state index >= 15 is 0 Å². The fourth-order valence-electron chi connectivity index (χ4n) is 2.80. The zero-order valence-corrected chi connectivity index (χ0v) is 17.8. The minimum atomic E-state index is -0.835. The van der Waals surface area contributed by atoms with Crippen LogP contribution in [0.15, 0.2) is 77.9 Å². The number of nitrogens with one attached hydrogen (secondary N) is 2. The molecule has 2 amide bonds. The second-order valence-corrected chi connectivity index (χ2v) is 7.20. The largest absolute Gasteiger partial charge is 0.489 e. The van der Waals surface area contributed by atoms with Gasteiger partial charge in [-0.1, -0.05) is 42.0 Å². The number of carbonyl (C=O) groups excluding carboxylic acids is 2. The van der Waals surface area contributed by atoms with Gasteiger partial charge in [-0.25, -0.2) is 5.43 Å². The summed E-state index contributed by atoms with van der Waals surface area (Å²) < 4.78 is 5.84. The van der Waals surface area contributed by atoms with Crippen molar-refractivity contribution >= 4 is 23.2 Å². The van der Waals surface area contributed by atoms with Crippen LogP contribution in [-0.4, -0.2) is 17.5 Å². The highest BCUT2D eigenvalue weighted by Gasteiger charge is 2.13. The van der Waals surface area contributed by atoms with Crippen LogP contribution in [0.5, 0.6) is 5.75 Å². The molecule has 0 spiro atoms. The average Bonchev–Trinajstić information content (AvgIpc) is 2.78. The first-order chi connectivity index (χ1) is 14.9. The second-order valence-electron chi connectivity index (χ2n) is 7.20. The molecule has 0 saturated heterocycles. The van der Waals surface area contributed by atoms with Crippen LogP contribution in [0, 0.1) is 13.8 Å². The van der Waals surface area contributed by atoms with E-state index in [-0.39, 0.29) is 0 Å². The van der Waals surface area contributed by atoms with E-state index in [1.54, 1.807) is 19.1 Å². The Morgan fingerprint density at radius 1 is 0.871 bits per heavy atom. The second kappa shape index (κ2) is 10.2. The summed E-state index contributed by atoms with van der Waals surface area (Å²) in [6.07, 6.45) is 0. The highest BCUT2D eigenvalue weighted by molar-refractivity contribution is 6.39. The number of anilines is 1. The molecule has 3 rings (SSSR count). The molecule has 0 aromatic heterocycles. The fraction of sp³-hybridized carbons (Fsp3) is 0.160. The molecule has 0 bridgehead atoms. The van der Waals surface area contributed by atoms with Gasteiger partial charge in [-0.15, -0.1) is 0 Å². The molecular formula is C25H25N3O3. The Bertz CT molecular complexity index is 1090. The number of hydrogen-bond acceptors (Lipinski definition) is 4. The van der Waals surface area contributed by atoms with Crippen molar-refractivity contribution in [1.82, 2.24) is 5.43 Å². The van der Waals surface area contributed by atoms with E-state index in [4.69, 9.17) is 4.74 Å². The summed E-state index contributed by atoms with van der Waals surface area (Å²) in [6, 6.07) is 22.6. The van der Waals surface area contributed by atoms with Crippen LogP contribution in [-0.2, 0) is 16.2 Å². The molecule has 0 aliphatic rings. The van der Waals surface area contributed by atoms with E-state index in [0.29, 0.717) is 18.0 Å². The predicted molar refractivity (Wildman–Crippen MR) is 122 cm³/mol. The van der Waals surface area contributed by atoms with Gasteiger partial charge in [0, 0.05) is 5.69 Å². The van der Waals surface area contributed by atoms with Gasteiger partial charge in [0.05, 0.1) is 5.71 Å². The zero-order valence-electron chi connectivity index (χ0n) is 17.8. The first-order valence-corrected chi connectivity index (χ1v) is 9.92. The molecule has 3 aromatic carbocycles. The van der Waals surface area contributed by atoms with Gasteiger partial charge in [0.25, 0.3) is 0 Å². The Kier molecular flexibility index (Phi) is 7.17. The lowest BCUT2D eigenvalue weighted by Crippen LogP contribution is -2.32. The molecule has 0 aliphatic carbocycles. The predicted octanol–water partition coefficient (Wildman–Crippen LogP) is 4.36. The van der Waals surface area contributed by atoms with Crippen LogP contribution < -0.4 is 15.5 Å². The molecule has 0 atom stereocenters. The van der Waals surface area contributed by atoms with Gasteiger partial charge in [-0.05, 0) is 73.9 Å². The summed E-state index contributed by atoms with van der Waals surface area (Å²) in [4.78, 5) is 24.0. The van der Waals surface area contributed by atoms with Crippen LogP contribution >= 0.6 is 0 Å². The molecule has 0 fully saturated rings. The Morgan fingerprint density at radius 2 is 1.55 bits per heavy atom. The van der Waals surface area contributed by atoms with E-state index in [0.717, 1.165) is 22.4 Å². The quantitative estimate of drug-likeness (QED) is 0.357. The lowest BCUT2D eigenvalue weighted by Gasteiger charge is -2.09. The van der Waals surface area contributed by atoms with Gasteiger partial charge >= 0.3 is 11.8 Å². The number of carbonyl (C=O) groups is 2. The number of benzene rings is 3. The van der Waals surface area contributed by atoms with E-state index in [1.165, 1.54) is 5.56 Å². The SMILES string of the molecule is CC(=NNC(=O)C(=O)Nc1ccc(C)cc1)c1ccc(OCc2ccccc2C)cc1. The number of hydrazone groups is 1. The number of nitrogens with zero attached hydrogens (tertiary/aromatic N) is 1. The molecular weight excluding hydrogens is 390 g/mol. The zero-order chi connectivity index (χ0) is 22.2. The van der Waals surface area contributed by atoms with Crippen molar-refractivity contribution in [2.45, 2.75) is 27.4 Å². The Balaban J connectivity index is 1.53. The molecule has 6 heteroatoms. The van der Waals surface area contributed by atoms with Crippen LogP contribution in [0.4, 0.5) is 5.69 Å². The van der Waals surface area contributed by atoms with E-state index < -0.39 is 11.8 Å². The average molecular weight is 415 g/mol. The van der Waals surface area contributed by atoms with Crippen molar-refractivity contribution in [1.29, 1.82) is 0 Å². The maximum Gasteiger partial charge on any atom is 0.329 e. The van der Waals surface area contributed by atoms with Crippen LogP contribution in [0.1, 0.15) is 29.2 Å². The number of rotatable bonds is 6. The molecule has 0 radical (unpaired) electrons. The smallest absolute Gasteiger partial charge is 0.329 e. The Hall–Kier alpha value is -3.93. The summed E-state index contributed by atoms with van der Waals surface area (Å²) in [5.74, 6) is -0.875. The highest BCUT2D eigenvalue weighted by Crippen LogP contribution is 2.16. The first-order valence-electron chi connectivity index (χ1n) is 9.92. The summed E-state index contributed by atoms with van der Waals surface area (Å²) in [6.45, 7) is 6.24. The molecule has 2 N–H and O–H groups in total. The van der Waals surface area contributed by atoms with E-state index in [2.05, 4.69) is 28.8 Å². The van der Waals surface area contributed by atoms with Gasteiger partial charge in [0.2, 0.25) is 0 Å². The third-order valence-electron chi connectivity index (χ3n) is 4.77. The maximum atomic E-state index is 12.0. The van der Waals surface area contributed by atoms with Gasteiger partial charge in [-0.2, -0.15) is 5.10 Å². The minimum Gasteiger partial charge on any atom is -0.489 e. The highest BCUT2D eigenvalue weighted by atomic mass is 16.5. The standard InChI is InChI=1S/C25H25N3O3/c1-17-8-12-22(13-9-17)26-24(29)25(30)28-27-19(3)20-10-14-23(15-11-20)31-16-21-7-5-4-6-18(21)2/h4-15H,16H2,1-3H3,(H,26,29)(H,28,30). The first kappa shape index (κ1) is 21.8. The van der Waals surface area contributed by atoms with Crippen LogP contribution in [0.25, 0.3) is 0 Å². The van der Waals surface area contributed by atoms with Crippen molar-refractivity contribution in [3.05, 3.63) is 95.1 Å². The Labute approximate surface area is 182 Å². The molecule has 158 valence electrons.